The predicted molar refractivity (Wildman–Crippen MR) is 148 cm³/mol. The van der Waals surface area contributed by atoms with Crippen molar-refractivity contribution in [2.24, 2.45) is 5.73 Å². The SMILES string of the molecule is COc1c(C)cc(P(c2cc(C)c(OC)c(C)c2)c2ccc[c-]2CCN)cc1C.[Fe+2].c1cc[cH-]c1. The van der Waals surface area contributed by atoms with Crippen LogP contribution in [0.25, 0.3) is 0 Å². The van der Waals surface area contributed by atoms with Crippen LogP contribution in [-0.2, 0) is 23.5 Å². The van der Waals surface area contributed by atoms with Crippen LogP contribution in [0, 0.1) is 27.7 Å². The Morgan fingerprint density at radius 1 is 0.800 bits per heavy atom. The van der Waals surface area contributed by atoms with Crippen molar-refractivity contribution < 1.29 is 26.5 Å². The smallest absolute Gasteiger partial charge is 0.496 e. The first kappa shape index (κ1) is 28.9. The molecule has 0 atom stereocenters. The monoisotopic (exact) mass is 529 g/mol. The summed E-state index contributed by atoms with van der Waals surface area (Å²) in [4.78, 5) is 0. The van der Waals surface area contributed by atoms with Crippen molar-refractivity contribution in [3.8, 4) is 11.5 Å². The minimum Gasteiger partial charge on any atom is -0.496 e. The molecule has 3 nitrogen and oxygen atoms in total. The Balaban J connectivity index is 0.000000640. The summed E-state index contributed by atoms with van der Waals surface area (Å²) in [6.07, 6.45) is 0.892. The van der Waals surface area contributed by atoms with E-state index >= 15 is 0 Å². The molecule has 4 rings (SSSR count). The van der Waals surface area contributed by atoms with E-state index < -0.39 is 7.92 Å². The van der Waals surface area contributed by atoms with Crippen LogP contribution in [0.5, 0.6) is 11.5 Å². The number of hydrogen-bond donors (Lipinski definition) is 1. The summed E-state index contributed by atoms with van der Waals surface area (Å²) in [7, 11) is 2.77. The van der Waals surface area contributed by atoms with Gasteiger partial charge in [0.25, 0.3) is 0 Å². The van der Waals surface area contributed by atoms with E-state index in [1.807, 2.05) is 30.3 Å². The van der Waals surface area contributed by atoms with Gasteiger partial charge >= 0.3 is 17.1 Å². The third-order valence-corrected chi connectivity index (χ3v) is 8.37. The van der Waals surface area contributed by atoms with Gasteiger partial charge < -0.3 is 15.2 Å². The number of nitrogens with two attached hydrogens (primary N) is 1. The molecule has 0 spiro atoms. The molecule has 0 fully saturated rings. The molecule has 5 heteroatoms. The van der Waals surface area contributed by atoms with E-state index in [1.54, 1.807) is 14.2 Å². The van der Waals surface area contributed by atoms with Gasteiger partial charge in [-0.3, -0.25) is 0 Å². The third kappa shape index (κ3) is 6.87. The Labute approximate surface area is 222 Å². The molecule has 186 valence electrons. The maximum absolute atomic E-state index is 5.91. The molecule has 0 amide bonds. The molecule has 2 N–H and O–H groups in total. The zero-order chi connectivity index (χ0) is 24.7. The molecule has 0 saturated carbocycles. The second kappa shape index (κ2) is 13.7. The number of benzene rings is 2. The summed E-state index contributed by atoms with van der Waals surface area (Å²) in [5, 5.41) is 4.06. The minimum atomic E-state index is -0.708. The Morgan fingerprint density at radius 2 is 1.26 bits per heavy atom. The minimum absolute atomic E-state index is 0. The molecular weight excluding hydrogens is 493 g/mol. The normalized spacial score (nSPS) is 10.4. The average Bonchev–Trinajstić information content (AvgIpc) is 3.50. The van der Waals surface area contributed by atoms with E-state index in [-0.39, 0.29) is 17.1 Å². The molecular formula is C30H36FeNO2P. The van der Waals surface area contributed by atoms with Crippen LogP contribution in [-0.4, -0.2) is 20.8 Å². The molecule has 0 aromatic heterocycles. The van der Waals surface area contributed by atoms with Gasteiger partial charge in [-0.2, -0.15) is 24.3 Å². The van der Waals surface area contributed by atoms with Gasteiger partial charge in [0.2, 0.25) is 0 Å². The maximum Gasteiger partial charge on any atom is 2.00 e. The van der Waals surface area contributed by atoms with Crippen LogP contribution in [0.2, 0.25) is 0 Å². The molecule has 0 aliphatic rings. The summed E-state index contributed by atoms with van der Waals surface area (Å²) in [5.74, 6) is 1.94. The molecule has 0 radical (unpaired) electrons. The van der Waals surface area contributed by atoms with Crippen molar-refractivity contribution in [1.82, 2.24) is 0 Å². The summed E-state index contributed by atoms with van der Waals surface area (Å²) in [6.45, 7) is 9.15. The molecule has 0 saturated heterocycles. The van der Waals surface area contributed by atoms with Crippen LogP contribution in [0.15, 0.2) is 72.8 Å². The largest absolute Gasteiger partial charge is 2.00 e. The third-order valence-electron chi connectivity index (χ3n) is 5.91. The molecule has 0 aliphatic carbocycles. The maximum atomic E-state index is 5.91. The molecule has 0 bridgehead atoms. The van der Waals surface area contributed by atoms with Crippen LogP contribution in [0.4, 0.5) is 0 Å². The van der Waals surface area contributed by atoms with Gasteiger partial charge in [0, 0.05) is 0 Å². The Hall–Kier alpha value is -2.35. The Morgan fingerprint density at radius 3 is 1.60 bits per heavy atom. The van der Waals surface area contributed by atoms with Gasteiger partial charge in [0.05, 0.1) is 14.2 Å². The van der Waals surface area contributed by atoms with E-state index in [4.69, 9.17) is 15.2 Å². The number of methoxy groups -OCH3 is 2. The molecule has 35 heavy (non-hydrogen) atoms. The number of rotatable bonds is 7. The molecule has 0 aliphatic heterocycles. The zero-order valence-corrected chi connectivity index (χ0v) is 23.5. The molecule has 0 unspecified atom stereocenters. The van der Waals surface area contributed by atoms with Crippen LogP contribution >= 0.6 is 7.92 Å². The zero-order valence-electron chi connectivity index (χ0n) is 21.5. The Kier molecular flexibility index (Phi) is 11.3. The van der Waals surface area contributed by atoms with Gasteiger partial charge in [-0.1, -0.05) is 6.42 Å². The van der Waals surface area contributed by atoms with Crippen LogP contribution in [0.3, 0.4) is 0 Å². The summed E-state index contributed by atoms with van der Waals surface area (Å²) in [6, 6.07) is 25.8. The van der Waals surface area contributed by atoms with Crippen molar-refractivity contribution >= 4 is 23.8 Å². The summed E-state index contributed by atoms with van der Waals surface area (Å²) >= 11 is 0. The van der Waals surface area contributed by atoms with E-state index in [2.05, 4.69) is 70.2 Å². The van der Waals surface area contributed by atoms with E-state index in [9.17, 15) is 0 Å². The van der Waals surface area contributed by atoms with E-state index in [0.717, 1.165) is 17.9 Å². The van der Waals surface area contributed by atoms with Crippen LogP contribution < -0.4 is 31.1 Å². The summed E-state index contributed by atoms with van der Waals surface area (Å²) < 4.78 is 11.2. The van der Waals surface area contributed by atoms with Gasteiger partial charge in [-0.05, 0) is 99.3 Å². The number of aryl methyl sites for hydroxylation is 4. The van der Waals surface area contributed by atoms with Crippen molar-refractivity contribution in [2.75, 3.05) is 20.8 Å². The average molecular weight is 529 g/mol. The fourth-order valence-electron chi connectivity index (χ4n) is 4.54. The molecule has 4 aromatic carbocycles. The van der Waals surface area contributed by atoms with Gasteiger partial charge in [-0.15, -0.1) is 10.9 Å². The second-order valence-corrected chi connectivity index (χ2v) is 10.7. The van der Waals surface area contributed by atoms with E-state index in [0.29, 0.717) is 6.54 Å². The quantitative estimate of drug-likeness (QED) is 0.200. The second-order valence-electron chi connectivity index (χ2n) is 8.50. The van der Waals surface area contributed by atoms with Crippen molar-refractivity contribution in [1.29, 1.82) is 0 Å². The van der Waals surface area contributed by atoms with Gasteiger partial charge in [0.1, 0.15) is 11.5 Å². The first-order chi connectivity index (χ1) is 16.4. The first-order valence-electron chi connectivity index (χ1n) is 11.6. The van der Waals surface area contributed by atoms with Crippen molar-refractivity contribution in [3.63, 3.8) is 0 Å². The fraction of sp³-hybridized carbons (Fsp3) is 0.267. The van der Waals surface area contributed by atoms with Crippen molar-refractivity contribution in [2.45, 2.75) is 34.1 Å². The molecule has 4 aromatic rings. The molecule has 0 heterocycles. The fourth-order valence-corrected chi connectivity index (χ4v) is 7.39. The number of ether oxygens (including phenoxy) is 2. The van der Waals surface area contributed by atoms with Gasteiger partial charge in [0.15, 0.2) is 0 Å². The predicted octanol–water partition coefficient (Wildman–Crippen LogP) is 5.32. The van der Waals surface area contributed by atoms with Crippen molar-refractivity contribution in [3.05, 3.63) is 101 Å². The van der Waals surface area contributed by atoms with Gasteiger partial charge in [-0.25, -0.2) is 24.3 Å². The van der Waals surface area contributed by atoms with E-state index in [1.165, 1.54) is 43.7 Å². The first-order valence-corrected chi connectivity index (χ1v) is 13.0. The summed E-state index contributed by atoms with van der Waals surface area (Å²) in [5.41, 5.74) is 11.9. The standard InChI is InChI=1S/C25H31NO2P.C5H5.Fe/c1-16-12-21(13-17(2)24(16)27-5)29(23-9-7-8-20(23)10-11-26)22-14-18(3)25(28-6)19(4)15-22;1-2-4-5-3-1;/h7-9,12-15H,10-11,26H2,1-6H3;1-5H;/q2*-1;+2. The number of hydrogen-bond acceptors (Lipinski definition) is 3. The Bertz CT molecular complexity index is 1070. The topological polar surface area (TPSA) is 44.5 Å². The van der Waals surface area contributed by atoms with Crippen LogP contribution in [0.1, 0.15) is 27.8 Å².